The van der Waals surface area contributed by atoms with E-state index in [4.69, 9.17) is 24.3 Å². The first-order valence-corrected chi connectivity index (χ1v) is 36.1. The Kier molecular flexibility index (Phi) is 66.7. The first-order chi connectivity index (χ1) is 42.8. The lowest BCUT2D eigenvalue weighted by atomic mass is 10.0. The molecule has 0 radical (unpaired) electrons. The van der Waals surface area contributed by atoms with Crippen molar-refractivity contribution in [1.82, 2.24) is 0 Å². The Morgan fingerprint density at radius 1 is 0.356 bits per heavy atom. The molecule has 0 aromatic rings. The van der Waals surface area contributed by atoms with Crippen molar-refractivity contribution < 1.29 is 37.6 Å². The highest BCUT2D eigenvalue weighted by Gasteiger charge is 2.26. The SMILES string of the molecule is CC/C=C\C/C=C\C/C=C\C/C=C\C/C=C\C/C=C\C/C=C\C/C=C\C/C=C\C/C=C\C/C=C\CCCCCC(=O)OC(COC(=O)CCCCCCCCCCCCCCCC/C=C\C/C=C\C/C=C\CCCCCCC)COP(=O)(O)OCCN. The largest absolute Gasteiger partial charge is 0.472 e. The van der Waals surface area contributed by atoms with Crippen LogP contribution in [-0.2, 0) is 32.7 Å². The number of ether oxygens (including phenoxy) is 2. The van der Waals surface area contributed by atoms with Gasteiger partial charge in [-0.05, 0) is 135 Å². The van der Waals surface area contributed by atoms with Crippen LogP contribution in [-0.4, -0.2) is 49.3 Å². The highest BCUT2D eigenvalue weighted by Crippen LogP contribution is 2.43. The van der Waals surface area contributed by atoms with E-state index in [1.54, 1.807) is 0 Å². The fourth-order valence-electron chi connectivity index (χ4n) is 9.00. The molecule has 0 aromatic carbocycles. The number of esters is 2. The zero-order chi connectivity index (χ0) is 63.0. The Morgan fingerprint density at radius 2 is 0.632 bits per heavy atom. The fourth-order valence-corrected chi connectivity index (χ4v) is 9.77. The summed E-state index contributed by atoms with van der Waals surface area (Å²) in [6.07, 6.45) is 104. The first kappa shape index (κ1) is 82.4. The third kappa shape index (κ3) is 70.3. The van der Waals surface area contributed by atoms with E-state index >= 15 is 0 Å². The number of carbonyl (C=O) groups is 2. The van der Waals surface area contributed by atoms with Crippen molar-refractivity contribution in [3.63, 3.8) is 0 Å². The summed E-state index contributed by atoms with van der Waals surface area (Å²) in [5.41, 5.74) is 5.40. The molecule has 0 aromatic heterocycles. The van der Waals surface area contributed by atoms with Gasteiger partial charge in [0.05, 0.1) is 13.2 Å². The van der Waals surface area contributed by atoms with Crippen LogP contribution in [0.3, 0.4) is 0 Å². The Bertz CT molecular complexity index is 2030. The lowest BCUT2D eigenvalue weighted by Gasteiger charge is -2.19. The molecule has 0 saturated heterocycles. The van der Waals surface area contributed by atoms with Gasteiger partial charge >= 0.3 is 19.8 Å². The summed E-state index contributed by atoms with van der Waals surface area (Å²) in [6, 6.07) is 0. The molecule has 3 N–H and O–H groups in total. The highest BCUT2D eigenvalue weighted by atomic mass is 31.2. The van der Waals surface area contributed by atoms with Crippen LogP contribution in [0.4, 0.5) is 0 Å². The monoisotopic (exact) mass is 1220 g/mol. The van der Waals surface area contributed by atoms with Gasteiger partial charge in [-0.2, -0.15) is 0 Å². The van der Waals surface area contributed by atoms with E-state index in [-0.39, 0.29) is 32.6 Å². The number of phosphoric acid groups is 1. The minimum atomic E-state index is -4.42. The normalized spacial score (nSPS) is 14.0. The summed E-state index contributed by atoms with van der Waals surface area (Å²) in [7, 11) is -4.42. The number of phosphoric ester groups is 1. The van der Waals surface area contributed by atoms with Crippen molar-refractivity contribution in [1.29, 1.82) is 0 Å². The maximum atomic E-state index is 12.7. The van der Waals surface area contributed by atoms with Gasteiger partial charge in [-0.3, -0.25) is 18.6 Å². The molecule has 0 heterocycles. The summed E-state index contributed by atoms with van der Waals surface area (Å²) >= 11 is 0. The molecular weight excluding hydrogens is 1100 g/mol. The minimum absolute atomic E-state index is 0.0390. The maximum Gasteiger partial charge on any atom is 0.472 e. The summed E-state index contributed by atoms with van der Waals surface area (Å²) < 4.78 is 33.1. The number of unbranched alkanes of at least 4 members (excludes halogenated alkanes) is 22. The maximum absolute atomic E-state index is 12.7. The van der Waals surface area contributed by atoms with E-state index in [0.29, 0.717) is 6.42 Å². The van der Waals surface area contributed by atoms with Gasteiger partial charge in [0.25, 0.3) is 0 Å². The van der Waals surface area contributed by atoms with Crippen molar-refractivity contribution >= 4 is 19.8 Å². The predicted molar refractivity (Wildman–Crippen MR) is 376 cm³/mol. The van der Waals surface area contributed by atoms with Crippen LogP contribution >= 0.6 is 7.82 Å². The molecule has 2 atom stereocenters. The molecule has 0 amide bonds. The van der Waals surface area contributed by atoms with E-state index in [9.17, 15) is 19.0 Å². The van der Waals surface area contributed by atoms with Crippen molar-refractivity contribution in [2.24, 2.45) is 5.73 Å². The Morgan fingerprint density at radius 3 is 0.954 bits per heavy atom. The van der Waals surface area contributed by atoms with Gasteiger partial charge in [-0.25, -0.2) is 4.57 Å². The third-order valence-corrected chi connectivity index (χ3v) is 15.1. The van der Waals surface area contributed by atoms with E-state index in [1.165, 1.54) is 116 Å². The Hall–Kier alpha value is -4.63. The van der Waals surface area contributed by atoms with E-state index in [1.807, 2.05) is 0 Å². The topological polar surface area (TPSA) is 134 Å². The summed E-state index contributed by atoms with van der Waals surface area (Å²) in [5.74, 6) is -0.874. The Labute approximate surface area is 533 Å². The number of hydrogen-bond acceptors (Lipinski definition) is 8. The molecule has 0 spiro atoms. The second kappa shape index (κ2) is 70.5. The minimum Gasteiger partial charge on any atom is -0.462 e. The quantitative estimate of drug-likeness (QED) is 0.0264. The van der Waals surface area contributed by atoms with Crippen LogP contribution < -0.4 is 5.73 Å². The van der Waals surface area contributed by atoms with Crippen molar-refractivity contribution in [2.45, 2.75) is 277 Å². The van der Waals surface area contributed by atoms with Gasteiger partial charge in [0, 0.05) is 19.4 Å². The van der Waals surface area contributed by atoms with Crippen LogP contribution in [0.1, 0.15) is 271 Å². The fraction of sp³-hybridized carbons (Fsp3) is 0.610. The molecule has 492 valence electrons. The second-order valence-corrected chi connectivity index (χ2v) is 23.8. The summed E-state index contributed by atoms with van der Waals surface area (Å²) in [4.78, 5) is 35.3. The smallest absolute Gasteiger partial charge is 0.462 e. The molecule has 0 rings (SSSR count). The average molecular weight is 1220 g/mol. The van der Waals surface area contributed by atoms with Crippen LogP contribution in [0.25, 0.3) is 0 Å². The lowest BCUT2D eigenvalue weighted by molar-refractivity contribution is -0.161. The number of allylic oxidation sites excluding steroid dienone is 28. The van der Waals surface area contributed by atoms with Crippen molar-refractivity contribution in [3.05, 3.63) is 170 Å². The zero-order valence-electron chi connectivity index (χ0n) is 55.2. The molecule has 0 aliphatic heterocycles. The van der Waals surface area contributed by atoms with Gasteiger partial charge in [0.15, 0.2) is 6.10 Å². The van der Waals surface area contributed by atoms with Crippen LogP contribution in [0.5, 0.6) is 0 Å². The van der Waals surface area contributed by atoms with Gasteiger partial charge < -0.3 is 20.1 Å². The number of rotatable bonds is 63. The molecule has 0 fully saturated rings. The zero-order valence-corrected chi connectivity index (χ0v) is 56.1. The molecule has 10 heteroatoms. The highest BCUT2D eigenvalue weighted by molar-refractivity contribution is 7.47. The third-order valence-electron chi connectivity index (χ3n) is 14.1. The van der Waals surface area contributed by atoms with E-state index in [2.05, 4.69) is 184 Å². The van der Waals surface area contributed by atoms with Crippen molar-refractivity contribution in [3.8, 4) is 0 Å². The molecule has 9 nitrogen and oxygen atoms in total. The van der Waals surface area contributed by atoms with Gasteiger partial charge in [-0.15, -0.1) is 0 Å². The van der Waals surface area contributed by atoms with E-state index < -0.39 is 32.5 Å². The molecular formula is C77H126NO8P. The molecule has 0 aliphatic carbocycles. The second-order valence-electron chi connectivity index (χ2n) is 22.3. The Balaban J connectivity index is 4.04. The first-order valence-electron chi connectivity index (χ1n) is 34.6. The van der Waals surface area contributed by atoms with Crippen LogP contribution in [0.15, 0.2) is 170 Å². The molecule has 87 heavy (non-hydrogen) atoms. The number of carbonyl (C=O) groups excluding carboxylic acids is 2. The molecule has 2 unspecified atom stereocenters. The van der Waals surface area contributed by atoms with Crippen LogP contribution in [0.2, 0.25) is 0 Å². The summed E-state index contributed by atoms with van der Waals surface area (Å²) in [5, 5.41) is 0. The van der Waals surface area contributed by atoms with Gasteiger partial charge in [0.2, 0.25) is 0 Å². The van der Waals surface area contributed by atoms with Gasteiger partial charge in [-0.1, -0.05) is 293 Å². The molecule has 0 bridgehead atoms. The number of hydrogen-bond donors (Lipinski definition) is 2. The molecule has 0 saturated carbocycles. The van der Waals surface area contributed by atoms with Crippen molar-refractivity contribution in [2.75, 3.05) is 26.4 Å². The number of nitrogens with two attached hydrogens (primary N) is 1. The predicted octanol–water partition coefficient (Wildman–Crippen LogP) is 23.0. The average Bonchev–Trinajstić information content (AvgIpc) is 3.65. The lowest BCUT2D eigenvalue weighted by Crippen LogP contribution is -2.29. The summed E-state index contributed by atoms with van der Waals surface area (Å²) in [6.45, 7) is 3.57. The van der Waals surface area contributed by atoms with E-state index in [0.717, 1.165) is 122 Å². The standard InChI is InChI=1S/C77H126NO8P/c1-3-5-7-9-11-13-15-17-19-21-23-25-27-29-31-33-34-35-36-37-38-39-40-42-44-46-48-50-52-54-56-58-60-62-64-66-68-70-77(80)86-75(74-85-87(81,82)84-72-71-78)73-83-76(79)69-67-65-63-61-59-57-55-53-51-49-47-45-43-41-32-30-28-26-24-22-20-18-16-14-12-10-8-6-4-2/h5,7,11,13,16-19,22-25,28-31,34-35,37-38,40,42,46,48,52,54,58,60,75H,3-4,6,8-10,12,14-15,20-21,26-27,32-33,36,39,41,43-45,47,49-51,53,55-57,59,61-74,78H2,1-2H3,(H,81,82)/b7-5-,13-11-,18-16-,19-17-,24-22-,25-23-,30-28-,31-29-,35-34-,38-37-,42-40-,48-46-,54-52-,60-58-. The molecule has 0 aliphatic rings. The van der Waals surface area contributed by atoms with Gasteiger partial charge in [0.1, 0.15) is 6.61 Å². The van der Waals surface area contributed by atoms with Crippen LogP contribution in [0, 0.1) is 0 Å².